The number of hydrazone groups is 1. The fourth-order valence-electron chi connectivity index (χ4n) is 2.30. The summed E-state index contributed by atoms with van der Waals surface area (Å²) >= 11 is 0. The first-order valence-electron chi connectivity index (χ1n) is 8.07. The van der Waals surface area contributed by atoms with E-state index >= 15 is 0 Å². The summed E-state index contributed by atoms with van der Waals surface area (Å²) in [5, 5.41) is 12.6. The van der Waals surface area contributed by atoms with Crippen LogP contribution in [0.25, 0.3) is 0 Å². The van der Waals surface area contributed by atoms with E-state index in [0.717, 1.165) is 0 Å². The van der Waals surface area contributed by atoms with Gasteiger partial charge in [0.2, 0.25) is 5.75 Å². The standard InChI is InChI=1S/C19H20N2O7/c1-25-15-8-13(9-16(26-2)18(15)27-3)19(24)21-20-10-12-6-4-5-7-14(12)28-11-17(22)23/h4-10H,11H2,1-3H3,(H,21,24)(H,22,23)/b20-10-. The zero-order chi connectivity index (χ0) is 20.5. The molecule has 0 bridgehead atoms. The minimum absolute atomic E-state index is 0.252. The Morgan fingerprint density at radius 3 is 2.25 bits per heavy atom. The first kappa shape index (κ1) is 20.6. The third-order valence-corrected chi connectivity index (χ3v) is 3.57. The number of carboxylic acid groups (broad SMARTS) is 1. The first-order valence-corrected chi connectivity index (χ1v) is 8.07. The summed E-state index contributed by atoms with van der Waals surface area (Å²) in [6.07, 6.45) is 1.35. The van der Waals surface area contributed by atoms with Gasteiger partial charge in [0, 0.05) is 11.1 Å². The lowest BCUT2D eigenvalue weighted by atomic mass is 10.1. The number of nitrogens with zero attached hydrogens (tertiary/aromatic N) is 1. The molecule has 0 radical (unpaired) electrons. The van der Waals surface area contributed by atoms with E-state index in [-0.39, 0.29) is 5.56 Å². The van der Waals surface area contributed by atoms with Gasteiger partial charge in [0.05, 0.1) is 27.5 Å². The third kappa shape index (κ3) is 5.13. The molecule has 0 heterocycles. The molecule has 9 nitrogen and oxygen atoms in total. The van der Waals surface area contributed by atoms with Gasteiger partial charge in [-0.3, -0.25) is 4.79 Å². The number of methoxy groups -OCH3 is 3. The molecule has 9 heteroatoms. The second-order valence-corrected chi connectivity index (χ2v) is 5.33. The van der Waals surface area contributed by atoms with Crippen LogP contribution in [0.2, 0.25) is 0 Å². The fourth-order valence-corrected chi connectivity index (χ4v) is 2.30. The molecule has 2 aromatic carbocycles. The van der Waals surface area contributed by atoms with E-state index < -0.39 is 18.5 Å². The Balaban J connectivity index is 2.15. The Morgan fingerprint density at radius 1 is 1.04 bits per heavy atom. The zero-order valence-corrected chi connectivity index (χ0v) is 15.6. The Hall–Kier alpha value is -3.75. The van der Waals surface area contributed by atoms with Crippen LogP contribution in [0.15, 0.2) is 41.5 Å². The Bertz CT molecular complexity index is 855. The SMILES string of the molecule is COc1cc(C(=O)N/N=C\c2ccccc2OCC(=O)O)cc(OC)c1OC. The highest BCUT2D eigenvalue weighted by Crippen LogP contribution is 2.38. The van der Waals surface area contributed by atoms with E-state index in [9.17, 15) is 9.59 Å². The van der Waals surface area contributed by atoms with Crippen molar-refractivity contribution in [3.05, 3.63) is 47.5 Å². The number of hydrogen-bond acceptors (Lipinski definition) is 7. The number of para-hydroxylation sites is 1. The zero-order valence-electron chi connectivity index (χ0n) is 15.6. The topological polar surface area (TPSA) is 116 Å². The molecule has 0 aliphatic rings. The van der Waals surface area contributed by atoms with Crippen LogP contribution in [0.1, 0.15) is 15.9 Å². The van der Waals surface area contributed by atoms with Gasteiger partial charge in [-0.2, -0.15) is 5.10 Å². The maximum atomic E-state index is 12.4. The molecule has 0 aliphatic heterocycles. The Morgan fingerprint density at radius 2 is 1.68 bits per heavy atom. The van der Waals surface area contributed by atoms with E-state index in [4.69, 9.17) is 24.1 Å². The summed E-state index contributed by atoms with van der Waals surface area (Å²) in [6, 6.07) is 9.70. The smallest absolute Gasteiger partial charge is 0.341 e. The molecular formula is C19H20N2O7. The van der Waals surface area contributed by atoms with E-state index in [1.54, 1.807) is 24.3 Å². The van der Waals surface area contributed by atoms with E-state index in [1.165, 1.54) is 39.7 Å². The number of benzene rings is 2. The monoisotopic (exact) mass is 388 g/mol. The summed E-state index contributed by atoms with van der Waals surface area (Å²) in [4.78, 5) is 23.0. The maximum absolute atomic E-state index is 12.4. The number of carbonyl (C=O) groups is 2. The van der Waals surface area contributed by atoms with Crippen molar-refractivity contribution in [1.82, 2.24) is 5.43 Å². The average Bonchev–Trinajstić information content (AvgIpc) is 2.71. The van der Waals surface area contributed by atoms with Gasteiger partial charge in [-0.15, -0.1) is 0 Å². The van der Waals surface area contributed by atoms with Crippen LogP contribution in [0, 0.1) is 0 Å². The van der Waals surface area contributed by atoms with Gasteiger partial charge in [-0.25, -0.2) is 10.2 Å². The van der Waals surface area contributed by atoms with Crippen LogP contribution in [0.3, 0.4) is 0 Å². The lowest BCUT2D eigenvalue weighted by Gasteiger charge is -2.13. The van der Waals surface area contributed by atoms with Crippen LogP contribution >= 0.6 is 0 Å². The van der Waals surface area contributed by atoms with Crippen molar-refractivity contribution in [3.63, 3.8) is 0 Å². The minimum atomic E-state index is -1.09. The summed E-state index contributed by atoms with van der Waals surface area (Å²) in [6.45, 7) is -0.483. The van der Waals surface area contributed by atoms with Crippen LogP contribution in [-0.2, 0) is 4.79 Å². The van der Waals surface area contributed by atoms with E-state index in [2.05, 4.69) is 10.5 Å². The summed E-state index contributed by atoms with van der Waals surface area (Å²) in [5.41, 5.74) is 3.15. The molecule has 0 saturated heterocycles. The van der Waals surface area contributed by atoms with Crippen molar-refractivity contribution >= 4 is 18.1 Å². The molecule has 0 fully saturated rings. The highest BCUT2D eigenvalue weighted by molar-refractivity contribution is 5.96. The predicted octanol–water partition coefficient (Wildman–Crippen LogP) is 1.94. The van der Waals surface area contributed by atoms with E-state index in [1.807, 2.05) is 0 Å². The lowest BCUT2D eigenvalue weighted by molar-refractivity contribution is -0.139. The molecule has 0 aromatic heterocycles. The molecular weight excluding hydrogens is 368 g/mol. The largest absolute Gasteiger partial charge is 0.493 e. The van der Waals surface area contributed by atoms with Crippen molar-refractivity contribution in [2.24, 2.45) is 5.10 Å². The molecule has 0 aliphatic carbocycles. The second kappa shape index (κ2) is 9.81. The summed E-state index contributed by atoms with van der Waals surface area (Å²) < 4.78 is 20.8. The van der Waals surface area contributed by atoms with Gasteiger partial charge in [-0.05, 0) is 24.3 Å². The molecule has 28 heavy (non-hydrogen) atoms. The number of rotatable bonds is 9. The number of carboxylic acids is 1. The van der Waals surface area contributed by atoms with Crippen molar-refractivity contribution in [3.8, 4) is 23.0 Å². The average molecular weight is 388 g/mol. The molecule has 0 atom stereocenters. The number of carbonyl (C=O) groups excluding carboxylic acids is 1. The van der Waals surface area contributed by atoms with Crippen molar-refractivity contribution in [2.75, 3.05) is 27.9 Å². The van der Waals surface area contributed by atoms with Gasteiger partial charge in [-0.1, -0.05) is 12.1 Å². The molecule has 0 spiro atoms. The second-order valence-electron chi connectivity index (χ2n) is 5.33. The molecule has 1 amide bonds. The molecule has 0 unspecified atom stereocenters. The number of nitrogens with one attached hydrogen (secondary N) is 1. The third-order valence-electron chi connectivity index (χ3n) is 3.57. The van der Waals surface area contributed by atoms with Crippen LogP contribution in [0.4, 0.5) is 0 Å². The van der Waals surface area contributed by atoms with Crippen LogP contribution < -0.4 is 24.4 Å². The Kier molecular flexibility index (Phi) is 7.21. The lowest BCUT2D eigenvalue weighted by Crippen LogP contribution is -2.18. The molecule has 0 saturated carbocycles. The normalized spacial score (nSPS) is 10.4. The number of aliphatic carboxylic acids is 1. The predicted molar refractivity (Wildman–Crippen MR) is 101 cm³/mol. The van der Waals surface area contributed by atoms with Crippen LogP contribution in [-0.4, -0.2) is 51.1 Å². The number of amides is 1. The highest BCUT2D eigenvalue weighted by atomic mass is 16.5. The van der Waals surface area contributed by atoms with Gasteiger partial charge in [0.25, 0.3) is 5.91 Å². The molecule has 148 valence electrons. The fraction of sp³-hybridized carbons (Fsp3) is 0.211. The van der Waals surface area contributed by atoms with Gasteiger partial charge < -0.3 is 24.1 Å². The molecule has 2 N–H and O–H groups in total. The highest BCUT2D eigenvalue weighted by Gasteiger charge is 2.16. The number of ether oxygens (including phenoxy) is 4. The summed E-state index contributed by atoms with van der Waals surface area (Å²) in [5.74, 6) is -0.223. The van der Waals surface area contributed by atoms with Crippen molar-refractivity contribution < 1.29 is 33.6 Å². The summed E-state index contributed by atoms with van der Waals surface area (Å²) in [7, 11) is 4.37. The quantitative estimate of drug-likeness (QED) is 0.498. The van der Waals surface area contributed by atoms with E-state index in [0.29, 0.717) is 28.6 Å². The molecule has 2 aromatic rings. The van der Waals surface area contributed by atoms with Crippen molar-refractivity contribution in [2.45, 2.75) is 0 Å². The molecule has 2 rings (SSSR count). The minimum Gasteiger partial charge on any atom is -0.493 e. The van der Waals surface area contributed by atoms with Crippen LogP contribution in [0.5, 0.6) is 23.0 Å². The number of hydrogen-bond donors (Lipinski definition) is 2. The van der Waals surface area contributed by atoms with Crippen molar-refractivity contribution in [1.29, 1.82) is 0 Å². The first-order chi connectivity index (χ1) is 13.5. The Labute approximate surface area is 161 Å². The van der Waals surface area contributed by atoms with Gasteiger partial charge in [0.1, 0.15) is 5.75 Å². The maximum Gasteiger partial charge on any atom is 0.341 e. The van der Waals surface area contributed by atoms with Gasteiger partial charge >= 0.3 is 5.97 Å². The van der Waals surface area contributed by atoms with Gasteiger partial charge in [0.15, 0.2) is 18.1 Å².